The molecular weight excluding hydrogens is 304 g/mol. The quantitative estimate of drug-likeness (QED) is 0.790. The van der Waals surface area contributed by atoms with E-state index in [1.165, 1.54) is 5.56 Å². The third-order valence-corrected chi connectivity index (χ3v) is 4.20. The van der Waals surface area contributed by atoms with E-state index in [1.54, 1.807) is 0 Å². The molecule has 3 rings (SSSR count). The number of hydrogen-bond donors (Lipinski definition) is 1. The summed E-state index contributed by atoms with van der Waals surface area (Å²) in [5, 5.41) is 7.24. The molecule has 1 N–H and O–H groups in total. The van der Waals surface area contributed by atoms with E-state index in [4.69, 9.17) is 9.47 Å². The van der Waals surface area contributed by atoms with Crippen LogP contribution in [0.1, 0.15) is 36.7 Å². The zero-order valence-corrected chi connectivity index (χ0v) is 14.5. The molecule has 6 nitrogen and oxygen atoms in total. The Morgan fingerprint density at radius 3 is 3.12 bits per heavy atom. The maximum atomic E-state index is 5.82. The minimum atomic E-state index is -0.0343. The number of hydrogen-bond acceptors (Lipinski definition) is 5. The molecular formula is C18H26N4O2. The van der Waals surface area contributed by atoms with Crippen LogP contribution in [0.3, 0.4) is 0 Å². The van der Waals surface area contributed by atoms with Crippen molar-refractivity contribution in [1.82, 2.24) is 20.1 Å². The maximum Gasteiger partial charge on any atom is 0.180 e. The zero-order valence-electron chi connectivity index (χ0n) is 14.5. The Balaban J connectivity index is 1.42. The SMILES string of the molecule is CCc1nc([C@@H]2CN(CCCOc3cccc(C)c3)CCO2)n[nH]1. The maximum absolute atomic E-state index is 5.82. The highest BCUT2D eigenvalue weighted by Gasteiger charge is 2.24. The molecule has 6 heteroatoms. The number of ether oxygens (including phenoxy) is 2. The first-order chi connectivity index (χ1) is 11.7. The van der Waals surface area contributed by atoms with Gasteiger partial charge in [-0.2, -0.15) is 5.10 Å². The van der Waals surface area contributed by atoms with E-state index in [1.807, 2.05) is 12.1 Å². The van der Waals surface area contributed by atoms with Crippen LogP contribution >= 0.6 is 0 Å². The van der Waals surface area contributed by atoms with E-state index in [0.29, 0.717) is 0 Å². The summed E-state index contributed by atoms with van der Waals surface area (Å²) >= 11 is 0. The standard InChI is InChI=1S/C18H26N4O2/c1-3-17-19-18(21-20-17)16-13-22(9-11-24-16)8-5-10-23-15-7-4-6-14(2)12-15/h4,6-7,12,16H,3,5,8-11,13H2,1-2H3,(H,19,20,21)/t16-/m0/s1. The van der Waals surface area contributed by atoms with Gasteiger partial charge in [-0.05, 0) is 31.0 Å². The van der Waals surface area contributed by atoms with Gasteiger partial charge >= 0.3 is 0 Å². The molecule has 1 atom stereocenters. The zero-order chi connectivity index (χ0) is 16.8. The van der Waals surface area contributed by atoms with Gasteiger partial charge in [-0.1, -0.05) is 19.1 Å². The predicted octanol–water partition coefficient (Wildman–Crippen LogP) is 2.52. The number of nitrogens with zero attached hydrogens (tertiary/aromatic N) is 3. The van der Waals surface area contributed by atoms with Crippen LogP contribution in [0, 0.1) is 6.92 Å². The minimum Gasteiger partial charge on any atom is -0.494 e. The number of aryl methyl sites for hydroxylation is 2. The van der Waals surface area contributed by atoms with Gasteiger partial charge in [-0.15, -0.1) is 0 Å². The van der Waals surface area contributed by atoms with E-state index in [2.05, 4.69) is 46.1 Å². The van der Waals surface area contributed by atoms with Crippen molar-refractivity contribution in [2.24, 2.45) is 0 Å². The second-order valence-electron chi connectivity index (χ2n) is 6.17. The molecule has 1 saturated heterocycles. The first-order valence-electron chi connectivity index (χ1n) is 8.69. The molecule has 1 aliphatic heterocycles. The van der Waals surface area contributed by atoms with Crippen molar-refractivity contribution >= 4 is 0 Å². The molecule has 0 radical (unpaired) electrons. The van der Waals surface area contributed by atoms with Crippen LogP contribution in [-0.2, 0) is 11.2 Å². The Bertz CT molecular complexity index is 643. The van der Waals surface area contributed by atoms with Crippen LogP contribution in [-0.4, -0.2) is 52.9 Å². The minimum absolute atomic E-state index is 0.0343. The van der Waals surface area contributed by atoms with Gasteiger partial charge < -0.3 is 9.47 Å². The Morgan fingerprint density at radius 1 is 1.42 bits per heavy atom. The molecule has 2 heterocycles. The number of rotatable bonds is 7. The van der Waals surface area contributed by atoms with E-state index in [0.717, 1.165) is 63.1 Å². The van der Waals surface area contributed by atoms with Crippen molar-refractivity contribution in [2.45, 2.75) is 32.8 Å². The molecule has 2 aromatic rings. The molecule has 0 saturated carbocycles. The molecule has 1 fully saturated rings. The lowest BCUT2D eigenvalue weighted by Gasteiger charge is -2.31. The van der Waals surface area contributed by atoms with Crippen molar-refractivity contribution in [3.8, 4) is 5.75 Å². The summed E-state index contributed by atoms with van der Waals surface area (Å²) in [4.78, 5) is 6.89. The molecule has 0 aliphatic carbocycles. The average Bonchev–Trinajstić information content (AvgIpc) is 3.08. The number of nitrogens with one attached hydrogen (secondary N) is 1. The summed E-state index contributed by atoms with van der Waals surface area (Å²) in [6.07, 6.45) is 1.82. The van der Waals surface area contributed by atoms with Gasteiger partial charge in [0.15, 0.2) is 5.82 Å². The summed E-state index contributed by atoms with van der Waals surface area (Å²) in [7, 11) is 0. The normalized spacial score (nSPS) is 18.7. The van der Waals surface area contributed by atoms with Crippen LogP contribution in [0.2, 0.25) is 0 Å². The van der Waals surface area contributed by atoms with Crippen molar-refractivity contribution in [1.29, 1.82) is 0 Å². The summed E-state index contributed by atoms with van der Waals surface area (Å²) in [6, 6.07) is 8.18. The van der Waals surface area contributed by atoms with Crippen molar-refractivity contribution in [3.05, 3.63) is 41.5 Å². The second kappa shape index (κ2) is 8.26. The molecule has 1 aromatic heterocycles. The molecule has 1 aromatic carbocycles. The van der Waals surface area contributed by atoms with E-state index in [9.17, 15) is 0 Å². The van der Waals surface area contributed by atoms with Crippen molar-refractivity contribution in [3.63, 3.8) is 0 Å². The van der Waals surface area contributed by atoms with Crippen molar-refractivity contribution < 1.29 is 9.47 Å². The second-order valence-corrected chi connectivity index (χ2v) is 6.17. The largest absolute Gasteiger partial charge is 0.494 e. The number of aromatic amines is 1. The highest BCUT2D eigenvalue weighted by atomic mass is 16.5. The van der Waals surface area contributed by atoms with E-state index < -0.39 is 0 Å². The summed E-state index contributed by atoms with van der Waals surface area (Å²) < 4.78 is 11.6. The number of H-pyrrole nitrogens is 1. The molecule has 1 aliphatic rings. The van der Waals surface area contributed by atoms with Crippen LogP contribution in [0.25, 0.3) is 0 Å². The lowest BCUT2D eigenvalue weighted by atomic mass is 10.2. The summed E-state index contributed by atoms with van der Waals surface area (Å²) in [6.45, 7) is 8.38. The molecule has 0 unspecified atom stereocenters. The van der Waals surface area contributed by atoms with Crippen LogP contribution in [0.15, 0.2) is 24.3 Å². The summed E-state index contributed by atoms with van der Waals surface area (Å²) in [5.74, 6) is 2.63. The van der Waals surface area contributed by atoms with Gasteiger partial charge in [0.1, 0.15) is 17.7 Å². The fourth-order valence-electron chi connectivity index (χ4n) is 2.86. The number of morpholine rings is 1. The Morgan fingerprint density at radius 2 is 2.33 bits per heavy atom. The molecule has 130 valence electrons. The fourth-order valence-corrected chi connectivity index (χ4v) is 2.86. The van der Waals surface area contributed by atoms with Crippen molar-refractivity contribution in [2.75, 3.05) is 32.8 Å². The molecule has 24 heavy (non-hydrogen) atoms. The number of benzene rings is 1. The molecule has 0 spiro atoms. The van der Waals surface area contributed by atoms with Gasteiger partial charge in [0, 0.05) is 26.1 Å². The summed E-state index contributed by atoms with van der Waals surface area (Å²) in [5.41, 5.74) is 1.22. The fraction of sp³-hybridized carbons (Fsp3) is 0.556. The van der Waals surface area contributed by atoms with Crippen LogP contribution < -0.4 is 4.74 Å². The third kappa shape index (κ3) is 4.55. The molecule has 0 bridgehead atoms. The van der Waals surface area contributed by atoms with Crippen LogP contribution in [0.4, 0.5) is 0 Å². The van der Waals surface area contributed by atoms with Gasteiger partial charge in [0.2, 0.25) is 0 Å². The van der Waals surface area contributed by atoms with Gasteiger partial charge in [0.25, 0.3) is 0 Å². The highest BCUT2D eigenvalue weighted by molar-refractivity contribution is 5.27. The highest BCUT2D eigenvalue weighted by Crippen LogP contribution is 2.19. The van der Waals surface area contributed by atoms with Gasteiger partial charge in [0.05, 0.1) is 13.2 Å². The Kier molecular flexibility index (Phi) is 5.82. The molecule has 0 amide bonds. The third-order valence-electron chi connectivity index (χ3n) is 4.20. The topological polar surface area (TPSA) is 63.3 Å². The lowest BCUT2D eigenvalue weighted by molar-refractivity contribution is -0.0351. The van der Waals surface area contributed by atoms with Gasteiger partial charge in [-0.3, -0.25) is 10.00 Å². The first-order valence-corrected chi connectivity index (χ1v) is 8.69. The van der Waals surface area contributed by atoms with Crippen LogP contribution in [0.5, 0.6) is 5.75 Å². The van der Waals surface area contributed by atoms with E-state index >= 15 is 0 Å². The Labute approximate surface area is 143 Å². The average molecular weight is 330 g/mol. The van der Waals surface area contributed by atoms with E-state index in [-0.39, 0.29) is 6.10 Å². The first kappa shape index (κ1) is 16.9. The lowest BCUT2D eigenvalue weighted by Crippen LogP contribution is -2.39. The Hall–Kier alpha value is -1.92. The number of aromatic nitrogens is 3. The monoisotopic (exact) mass is 330 g/mol. The predicted molar refractivity (Wildman–Crippen MR) is 92.2 cm³/mol. The van der Waals surface area contributed by atoms with Gasteiger partial charge in [-0.25, -0.2) is 4.98 Å². The smallest absolute Gasteiger partial charge is 0.180 e.